The van der Waals surface area contributed by atoms with Crippen molar-refractivity contribution >= 4 is 28.2 Å². The van der Waals surface area contributed by atoms with E-state index < -0.39 is 0 Å². The van der Waals surface area contributed by atoms with Crippen molar-refractivity contribution in [3.8, 4) is 5.75 Å². The van der Waals surface area contributed by atoms with E-state index >= 15 is 0 Å². The largest absolute Gasteiger partial charge is 0.490 e. The van der Waals surface area contributed by atoms with Gasteiger partial charge in [-0.25, -0.2) is 0 Å². The van der Waals surface area contributed by atoms with Crippen LogP contribution in [0.4, 0.5) is 5.69 Å². The molecule has 0 fully saturated rings. The molecule has 0 radical (unpaired) electrons. The SMILES string of the molecule is Clc1ccccc1NCCOc1cnc2ccccc2c1. The van der Waals surface area contributed by atoms with Crippen LogP contribution in [0.3, 0.4) is 0 Å². The molecule has 0 unspecified atom stereocenters. The van der Waals surface area contributed by atoms with Crippen LogP contribution in [0.15, 0.2) is 60.8 Å². The predicted molar refractivity (Wildman–Crippen MR) is 87.2 cm³/mol. The maximum absolute atomic E-state index is 6.07. The fourth-order valence-corrected chi connectivity index (χ4v) is 2.29. The summed E-state index contributed by atoms with van der Waals surface area (Å²) in [6.45, 7) is 1.22. The Morgan fingerprint density at radius 3 is 2.76 bits per heavy atom. The second kappa shape index (κ2) is 6.46. The highest BCUT2D eigenvalue weighted by atomic mass is 35.5. The van der Waals surface area contributed by atoms with Crippen LogP contribution in [0.2, 0.25) is 5.02 Å². The summed E-state index contributed by atoms with van der Waals surface area (Å²) in [7, 11) is 0. The number of benzene rings is 2. The number of aromatic nitrogens is 1. The zero-order chi connectivity index (χ0) is 14.5. The van der Waals surface area contributed by atoms with Crippen molar-refractivity contribution in [3.05, 3.63) is 65.8 Å². The van der Waals surface area contributed by atoms with Crippen LogP contribution < -0.4 is 10.1 Å². The summed E-state index contributed by atoms with van der Waals surface area (Å²) < 4.78 is 5.71. The normalized spacial score (nSPS) is 10.5. The average molecular weight is 299 g/mol. The molecule has 21 heavy (non-hydrogen) atoms. The third-order valence-corrected chi connectivity index (χ3v) is 3.46. The van der Waals surface area contributed by atoms with Crippen LogP contribution >= 0.6 is 11.6 Å². The first-order chi connectivity index (χ1) is 10.3. The lowest BCUT2D eigenvalue weighted by atomic mass is 10.2. The Hall–Kier alpha value is -2.26. The number of nitrogens with one attached hydrogen (secondary N) is 1. The zero-order valence-electron chi connectivity index (χ0n) is 11.4. The van der Waals surface area contributed by atoms with Gasteiger partial charge in [-0.2, -0.15) is 0 Å². The van der Waals surface area contributed by atoms with E-state index in [1.54, 1.807) is 6.20 Å². The Balaban J connectivity index is 1.56. The number of pyridine rings is 1. The van der Waals surface area contributed by atoms with E-state index in [0.717, 1.165) is 22.3 Å². The molecule has 0 saturated carbocycles. The molecule has 0 spiro atoms. The van der Waals surface area contributed by atoms with Crippen molar-refractivity contribution < 1.29 is 4.74 Å². The first-order valence-corrected chi connectivity index (χ1v) is 7.17. The van der Waals surface area contributed by atoms with Gasteiger partial charge in [-0.15, -0.1) is 0 Å². The van der Waals surface area contributed by atoms with Crippen LogP contribution in [0.1, 0.15) is 0 Å². The van der Waals surface area contributed by atoms with Crippen molar-refractivity contribution in [2.45, 2.75) is 0 Å². The molecule has 1 aromatic heterocycles. The summed E-state index contributed by atoms with van der Waals surface area (Å²) in [5.41, 5.74) is 1.89. The molecule has 1 N–H and O–H groups in total. The lowest BCUT2D eigenvalue weighted by Gasteiger charge is -2.10. The van der Waals surface area contributed by atoms with Crippen LogP contribution in [0, 0.1) is 0 Å². The van der Waals surface area contributed by atoms with Gasteiger partial charge in [0.05, 0.1) is 22.4 Å². The molecule has 2 aromatic carbocycles. The molecule has 0 aliphatic carbocycles. The molecular formula is C17H15ClN2O. The first kappa shape index (κ1) is 13.7. The number of ether oxygens (including phenoxy) is 1. The molecule has 0 amide bonds. The van der Waals surface area contributed by atoms with Gasteiger partial charge in [-0.3, -0.25) is 4.98 Å². The van der Waals surface area contributed by atoms with Crippen molar-refractivity contribution in [2.24, 2.45) is 0 Å². The molecule has 106 valence electrons. The average Bonchev–Trinajstić information content (AvgIpc) is 2.53. The minimum absolute atomic E-state index is 0.547. The van der Waals surface area contributed by atoms with Gasteiger partial charge in [0, 0.05) is 11.9 Å². The number of rotatable bonds is 5. The molecule has 3 aromatic rings. The second-order valence-corrected chi connectivity index (χ2v) is 5.03. The number of anilines is 1. The number of halogens is 1. The van der Waals surface area contributed by atoms with E-state index in [9.17, 15) is 0 Å². The highest BCUT2D eigenvalue weighted by Crippen LogP contribution is 2.20. The van der Waals surface area contributed by atoms with Gasteiger partial charge in [0.2, 0.25) is 0 Å². The Morgan fingerprint density at radius 1 is 1.05 bits per heavy atom. The molecular weight excluding hydrogens is 284 g/mol. The summed E-state index contributed by atoms with van der Waals surface area (Å²) in [4.78, 5) is 4.37. The molecule has 0 bridgehead atoms. The maximum atomic E-state index is 6.07. The fourth-order valence-electron chi connectivity index (χ4n) is 2.09. The second-order valence-electron chi connectivity index (χ2n) is 4.62. The van der Waals surface area contributed by atoms with Crippen molar-refractivity contribution in [2.75, 3.05) is 18.5 Å². The Kier molecular flexibility index (Phi) is 4.22. The topological polar surface area (TPSA) is 34.1 Å². The summed E-state index contributed by atoms with van der Waals surface area (Å²) in [6, 6.07) is 17.6. The number of fused-ring (bicyclic) bond motifs is 1. The highest BCUT2D eigenvalue weighted by molar-refractivity contribution is 6.33. The molecule has 4 heteroatoms. The lowest BCUT2D eigenvalue weighted by Crippen LogP contribution is -2.11. The summed E-state index contributed by atoms with van der Waals surface area (Å²) in [5, 5.41) is 5.03. The van der Waals surface area contributed by atoms with Crippen LogP contribution in [0.5, 0.6) is 5.75 Å². The summed E-state index contributed by atoms with van der Waals surface area (Å²) >= 11 is 6.07. The molecule has 0 aliphatic heterocycles. The minimum atomic E-state index is 0.547. The standard InChI is InChI=1S/C17H15ClN2O/c18-15-6-2-4-8-17(15)19-9-10-21-14-11-13-5-1-3-7-16(13)20-12-14/h1-8,11-12,19H,9-10H2. The van der Waals surface area contributed by atoms with E-state index in [4.69, 9.17) is 16.3 Å². The van der Waals surface area contributed by atoms with E-state index in [2.05, 4.69) is 10.3 Å². The highest BCUT2D eigenvalue weighted by Gasteiger charge is 2.00. The molecule has 1 heterocycles. The van der Waals surface area contributed by atoms with Crippen molar-refractivity contribution in [1.29, 1.82) is 0 Å². The van der Waals surface area contributed by atoms with Gasteiger partial charge in [-0.1, -0.05) is 41.9 Å². The smallest absolute Gasteiger partial charge is 0.138 e. The van der Waals surface area contributed by atoms with Gasteiger partial charge in [0.15, 0.2) is 0 Å². The maximum Gasteiger partial charge on any atom is 0.138 e. The van der Waals surface area contributed by atoms with Gasteiger partial charge >= 0.3 is 0 Å². The molecule has 0 aliphatic rings. The van der Waals surface area contributed by atoms with E-state index in [1.165, 1.54) is 0 Å². The molecule has 0 saturated heterocycles. The Morgan fingerprint density at radius 2 is 1.86 bits per heavy atom. The van der Waals surface area contributed by atoms with Gasteiger partial charge < -0.3 is 10.1 Å². The third kappa shape index (κ3) is 3.44. The van der Waals surface area contributed by atoms with Gasteiger partial charge in [0.1, 0.15) is 12.4 Å². The fraction of sp³-hybridized carbons (Fsp3) is 0.118. The van der Waals surface area contributed by atoms with E-state index in [1.807, 2.05) is 54.6 Å². The van der Waals surface area contributed by atoms with Gasteiger partial charge in [0.25, 0.3) is 0 Å². The Labute approximate surface area is 128 Å². The van der Waals surface area contributed by atoms with Gasteiger partial charge in [-0.05, 0) is 24.3 Å². The van der Waals surface area contributed by atoms with Crippen LogP contribution in [-0.4, -0.2) is 18.1 Å². The minimum Gasteiger partial charge on any atom is -0.490 e. The zero-order valence-corrected chi connectivity index (χ0v) is 12.2. The number of nitrogens with zero attached hydrogens (tertiary/aromatic N) is 1. The van der Waals surface area contributed by atoms with Crippen molar-refractivity contribution in [3.63, 3.8) is 0 Å². The van der Waals surface area contributed by atoms with E-state index in [0.29, 0.717) is 18.2 Å². The first-order valence-electron chi connectivity index (χ1n) is 6.79. The summed E-state index contributed by atoms with van der Waals surface area (Å²) in [6.07, 6.45) is 1.75. The van der Waals surface area contributed by atoms with Crippen molar-refractivity contribution in [1.82, 2.24) is 4.98 Å². The van der Waals surface area contributed by atoms with Crippen LogP contribution in [-0.2, 0) is 0 Å². The number of hydrogen-bond acceptors (Lipinski definition) is 3. The predicted octanol–water partition coefficient (Wildman–Crippen LogP) is 4.38. The third-order valence-electron chi connectivity index (χ3n) is 3.13. The monoisotopic (exact) mass is 298 g/mol. The number of hydrogen-bond donors (Lipinski definition) is 1. The quantitative estimate of drug-likeness (QED) is 0.710. The molecule has 3 rings (SSSR count). The summed E-state index contributed by atoms with van der Waals surface area (Å²) in [5.74, 6) is 0.773. The van der Waals surface area contributed by atoms with Crippen LogP contribution in [0.25, 0.3) is 10.9 Å². The molecule has 3 nitrogen and oxygen atoms in total. The van der Waals surface area contributed by atoms with E-state index in [-0.39, 0.29) is 0 Å². The number of para-hydroxylation sites is 2. The lowest BCUT2D eigenvalue weighted by molar-refractivity contribution is 0.332. The Bertz CT molecular complexity index is 745. The molecule has 0 atom stereocenters.